The van der Waals surface area contributed by atoms with Gasteiger partial charge >= 0.3 is 0 Å². The minimum Gasteiger partial charge on any atom is -0.381 e. The van der Waals surface area contributed by atoms with E-state index in [1.807, 2.05) is 48.5 Å². The monoisotopic (exact) mass is 684 g/mol. The van der Waals surface area contributed by atoms with Gasteiger partial charge in [0.05, 0.1) is 22.3 Å². The number of carbonyl (C=O) groups is 2. The molecule has 9 nitrogen and oxygen atoms in total. The Balaban J connectivity index is 0.933. The van der Waals surface area contributed by atoms with Crippen LogP contribution in [-0.4, -0.2) is 59.6 Å². The van der Waals surface area contributed by atoms with Crippen molar-refractivity contribution in [2.45, 2.75) is 19.3 Å². The lowest BCUT2D eigenvalue weighted by Crippen LogP contribution is -2.59. The van der Waals surface area contributed by atoms with Gasteiger partial charge in [-0.2, -0.15) is 0 Å². The number of halogens is 1. The molecule has 2 fully saturated rings. The molecule has 250 valence electrons. The molecule has 0 aliphatic carbocycles. The topological polar surface area (TPSA) is 103 Å². The Morgan fingerprint density at radius 2 is 1.70 bits per heavy atom. The number of aromatic nitrogens is 3. The van der Waals surface area contributed by atoms with Crippen LogP contribution in [0.2, 0.25) is 0 Å². The number of nitrogens with zero attached hydrogens (tertiary/aromatic N) is 4. The van der Waals surface area contributed by atoms with Crippen molar-refractivity contribution < 1.29 is 18.7 Å². The predicted molar refractivity (Wildman–Crippen MR) is 194 cm³/mol. The van der Waals surface area contributed by atoms with Crippen LogP contribution in [0.5, 0.6) is 0 Å². The smallest absolute Gasteiger partial charge is 0.259 e. The van der Waals surface area contributed by atoms with Crippen molar-refractivity contribution in [3.63, 3.8) is 0 Å². The zero-order chi connectivity index (χ0) is 33.8. The van der Waals surface area contributed by atoms with E-state index in [9.17, 15) is 9.59 Å². The number of benzene rings is 3. The van der Waals surface area contributed by atoms with Gasteiger partial charge in [-0.3, -0.25) is 9.59 Å². The number of imidazole rings is 1. The molecule has 0 radical (unpaired) electrons. The second kappa shape index (κ2) is 12.2. The Labute approximate surface area is 291 Å². The van der Waals surface area contributed by atoms with E-state index in [0.29, 0.717) is 51.9 Å². The number of nitrogens with one attached hydrogen (secondary N) is 2. The number of rotatable bonds is 5. The number of para-hydroxylation sites is 3. The highest BCUT2D eigenvalue weighted by Gasteiger charge is 2.45. The largest absolute Gasteiger partial charge is 0.381 e. The molecule has 3 aliphatic rings. The van der Waals surface area contributed by atoms with Gasteiger partial charge in [0.1, 0.15) is 16.5 Å². The van der Waals surface area contributed by atoms with E-state index in [0.717, 1.165) is 66.3 Å². The quantitative estimate of drug-likeness (QED) is 0.194. The Morgan fingerprint density at radius 1 is 0.920 bits per heavy atom. The van der Waals surface area contributed by atoms with Crippen LogP contribution in [0.25, 0.3) is 32.2 Å². The number of fused-ring (bicyclic) bond motifs is 4. The van der Waals surface area contributed by atoms with Crippen LogP contribution in [0.3, 0.4) is 0 Å². The molecule has 3 aromatic heterocycles. The minimum atomic E-state index is -0.303. The van der Waals surface area contributed by atoms with Crippen LogP contribution in [0.4, 0.5) is 21.6 Å². The van der Waals surface area contributed by atoms with Gasteiger partial charge in [-0.05, 0) is 73.9 Å². The Kier molecular flexibility index (Phi) is 7.47. The van der Waals surface area contributed by atoms with E-state index in [2.05, 4.69) is 25.2 Å². The van der Waals surface area contributed by atoms with E-state index in [-0.39, 0.29) is 23.0 Å². The first kappa shape index (κ1) is 30.7. The maximum absolute atomic E-state index is 16.1. The summed E-state index contributed by atoms with van der Waals surface area (Å²) >= 11 is 1.36. The molecule has 2 amide bonds. The lowest BCUT2D eigenvalue weighted by Gasteiger charge is -2.53. The third kappa shape index (κ3) is 5.24. The van der Waals surface area contributed by atoms with E-state index in [4.69, 9.17) is 4.74 Å². The molecule has 2 N–H and O–H groups in total. The summed E-state index contributed by atoms with van der Waals surface area (Å²) < 4.78 is 21.7. The van der Waals surface area contributed by atoms with Gasteiger partial charge in [0.2, 0.25) is 0 Å². The number of amides is 2. The lowest BCUT2D eigenvalue weighted by molar-refractivity contribution is -0.000509. The molecule has 3 aliphatic heterocycles. The van der Waals surface area contributed by atoms with Gasteiger partial charge in [0.15, 0.2) is 5.82 Å². The molecular formula is C39H33FN6O3S. The molecule has 1 spiro atoms. The lowest BCUT2D eigenvalue weighted by atomic mass is 9.73. The first-order valence-electron chi connectivity index (χ1n) is 16.8. The molecule has 0 bridgehead atoms. The zero-order valence-electron chi connectivity index (χ0n) is 27.1. The van der Waals surface area contributed by atoms with Crippen molar-refractivity contribution >= 4 is 51.4 Å². The highest BCUT2D eigenvalue weighted by atomic mass is 32.1. The highest BCUT2D eigenvalue weighted by Crippen LogP contribution is 2.46. The fourth-order valence-electron chi connectivity index (χ4n) is 7.47. The summed E-state index contributed by atoms with van der Waals surface area (Å²) in [5.41, 5.74) is 5.56. The molecule has 2 saturated heterocycles. The molecule has 9 rings (SSSR count). The van der Waals surface area contributed by atoms with Crippen molar-refractivity contribution in [1.29, 1.82) is 0 Å². The standard InChI is InChI=1S/C39H33FN6O3S/c40-32-27-15-19-46(31-10-4-1-6-26(31)33(27)50-34(32)35-43-29-8-2-3-9-30(29)44-35)38(48)24-11-13-25(14-12-24)42-37(47)28-7-5-18-41-36(28)45-22-39(23-45)16-20-49-21-17-39/h1-14,18H,15-17,19-23H2,(H,42,47)(H,43,44). The predicted octanol–water partition coefficient (Wildman–Crippen LogP) is 7.56. The van der Waals surface area contributed by atoms with Gasteiger partial charge in [0, 0.05) is 71.7 Å². The fraction of sp³-hybridized carbons (Fsp3) is 0.231. The molecule has 6 aromatic rings. The minimum absolute atomic E-state index is 0.197. The number of hydrogen-bond donors (Lipinski definition) is 2. The zero-order valence-corrected chi connectivity index (χ0v) is 27.9. The number of pyridine rings is 1. The van der Waals surface area contributed by atoms with Crippen LogP contribution in [-0.2, 0) is 11.2 Å². The summed E-state index contributed by atoms with van der Waals surface area (Å²) in [5.74, 6) is 0.433. The number of H-pyrrole nitrogens is 1. The first-order chi connectivity index (χ1) is 24.5. The highest BCUT2D eigenvalue weighted by molar-refractivity contribution is 7.19. The number of carbonyl (C=O) groups excluding carboxylic acids is 2. The number of ether oxygens (including phenoxy) is 1. The summed E-state index contributed by atoms with van der Waals surface area (Å²) in [5, 5.41) is 2.99. The van der Waals surface area contributed by atoms with Crippen molar-refractivity contribution in [2.75, 3.05) is 48.0 Å². The third-order valence-electron chi connectivity index (χ3n) is 10.1. The molecule has 0 unspecified atom stereocenters. The molecule has 6 heterocycles. The summed E-state index contributed by atoms with van der Waals surface area (Å²) in [6, 6.07) is 25.8. The van der Waals surface area contributed by atoms with E-state index < -0.39 is 0 Å². The Hall–Kier alpha value is -5.39. The number of anilines is 3. The van der Waals surface area contributed by atoms with Gasteiger partial charge in [-0.1, -0.05) is 30.3 Å². The Morgan fingerprint density at radius 3 is 2.52 bits per heavy atom. The first-order valence-corrected chi connectivity index (χ1v) is 17.6. The summed E-state index contributed by atoms with van der Waals surface area (Å²) in [7, 11) is 0. The Bertz CT molecular complexity index is 2230. The fourth-order valence-corrected chi connectivity index (χ4v) is 8.67. The number of hydrogen-bond acceptors (Lipinski definition) is 7. The van der Waals surface area contributed by atoms with Crippen molar-refractivity contribution in [3.05, 3.63) is 114 Å². The number of thiophene rings is 1. The second-order valence-electron chi connectivity index (χ2n) is 13.3. The van der Waals surface area contributed by atoms with E-state index >= 15 is 4.39 Å². The van der Waals surface area contributed by atoms with Crippen LogP contribution >= 0.6 is 11.3 Å². The van der Waals surface area contributed by atoms with Crippen LogP contribution in [0.15, 0.2) is 91.1 Å². The van der Waals surface area contributed by atoms with Crippen LogP contribution in [0, 0.1) is 11.2 Å². The van der Waals surface area contributed by atoms with E-state index in [1.54, 1.807) is 47.5 Å². The number of aromatic amines is 1. The van der Waals surface area contributed by atoms with Gasteiger partial charge in [-0.25, -0.2) is 14.4 Å². The maximum Gasteiger partial charge on any atom is 0.259 e. The maximum atomic E-state index is 16.1. The van der Waals surface area contributed by atoms with Gasteiger partial charge in [0.25, 0.3) is 11.8 Å². The van der Waals surface area contributed by atoms with E-state index in [1.165, 1.54) is 11.3 Å². The molecule has 3 aromatic carbocycles. The van der Waals surface area contributed by atoms with Crippen molar-refractivity contribution in [1.82, 2.24) is 15.0 Å². The SMILES string of the molecule is O=C(Nc1ccc(C(=O)N2CCc3c(sc(-c4nc5ccccc5[nH]4)c3F)-c3ccccc32)cc1)c1cccnc1N1CC2(CCOCC2)C1. The van der Waals surface area contributed by atoms with Gasteiger partial charge < -0.3 is 24.8 Å². The van der Waals surface area contributed by atoms with Crippen molar-refractivity contribution in [2.24, 2.45) is 5.41 Å². The normalized spacial score (nSPS) is 16.4. The molecule has 50 heavy (non-hydrogen) atoms. The summed E-state index contributed by atoms with van der Waals surface area (Å²) in [4.78, 5) is 45.1. The molecule has 0 saturated carbocycles. The van der Waals surface area contributed by atoms with Crippen molar-refractivity contribution in [3.8, 4) is 21.1 Å². The summed E-state index contributed by atoms with van der Waals surface area (Å²) in [6.07, 6.45) is 4.13. The average Bonchev–Trinajstić information content (AvgIpc) is 3.67. The van der Waals surface area contributed by atoms with Gasteiger partial charge in [-0.15, -0.1) is 11.3 Å². The second-order valence-corrected chi connectivity index (χ2v) is 14.3. The third-order valence-corrected chi connectivity index (χ3v) is 11.4. The van der Waals surface area contributed by atoms with Crippen LogP contribution in [0.1, 0.15) is 39.1 Å². The summed E-state index contributed by atoms with van der Waals surface area (Å²) in [6.45, 7) is 3.61. The molecule has 11 heteroatoms. The molecular weight excluding hydrogens is 652 g/mol. The molecule has 0 atom stereocenters. The average molecular weight is 685 g/mol. The van der Waals surface area contributed by atoms with Crippen LogP contribution < -0.4 is 15.1 Å².